The molecule has 3 unspecified atom stereocenters. The van der Waals surface area contributed by atoms with E-state index in [0.717, 1.165) is 25.3 Å². The van der Waals surface area contributed by atoms with E-state index in [1.807, 2.05) is 6.07 Å². The van der Waals surface area contributed by atoms with E-state index in [9.17, 15) is 5.11 Å². The molecule has 2 aliphatic heterocycles. The van der Waals surface area contributed by atoms with E-state index < -0.39 is 0 Å². The lowest BCUT2D eigenvalue weighted by Gasteiger charge is -2.50. The van der Waals surface area contributed by atoms with Gasteiger partial charge >= 0.3 is 0 Å². The molecule has 1 aliphatic carbocycles. The Morgan fingerprint density at radius 1 is 1.40 bits per heavy atom. The standard InChI is InChI=1S/C17H23NO2/c1-2-18-10-9-17-12(11-18)5-3-8-15(17)20-16-13(17)6-4-7-14(16)19/h4,6-7,12,15,19H,2-3,5,8-11H2,1H3. The fourth-order valence-electron chi connectivity index (χ4n) is 4.83. The number of hydrogen-bond donors (Lipinski definition) is 1. The zero-order valence-corrected chi connectivity index (χ0v) is 12.1. The molecule has 2 fully saturated rings. The second kappa shape index (κ2) is 4.39. The summed E-state index contributed by atoms with van der Waals surface area (Å²) in [7, 11) is 0. The predicted molar refractivity (Wildman–Crippen MR) is 78.3 cm³/mol. The van der Waals surface area contributed by atoms with Crippen molar-refractivity contribution in [2.24, 2.45) is 5.92 Å². The summed E-state index contributed by atoms with van der Waals surface area (Å²) in [5, 5.41) is 10.1. The number of benzene rings is 1. The maximum Gasteiger partial charge on any atom is 0.165 e. The average molecular weight is 273 g/mol. The SMILES string of the molecule is CCN1CCC23c4cccc(O)c4OC2CCCC3C1. The van der Waals surface area contributed by atoms with Crippen molar-refractivity contribution < 1.29 is 9.84 Å². The monoisotopic (exact) mass is 273 g/mol. The minimum absolute atomic E-state index is 0.165. The lowest BCUT2D eigenvalue weighted by molar-refractivity contribution is -0.00578. The van der Waals surface area contributed by atoms with Crippen LogP contribution in [-0.2, 0) is 5.41 Å². The number of para-hydroxylation sites is 1. The summed E-state index contributed by atoms with van der Waals surface area (Å²) in [5.41, 5.74) is 1.45. The number of aromatic hydroxyl groups is 1. The smallest absolute Gasteiger partial charge is 0.165 e. The molecule has 1 spiro atoms. The normalized spacial score (nSPS) is 35.9. The Labute approximate surface area is 120 Å². The summed E-state index contributed by atoms with van der Waals surface area (Å²) >= 11 is 0. The number of phenols is 1. The third kappa shape index (κ3) is 1.50. The molecule has 0 radical (unpaired) electrons. The van der Waals surface area contributed by atoms with Crippen LogP contribution in [-0.4, -0.2) is 35.7 Å². The van der Waals surface area contributed by atoms with Gasteiger partial charge in [-0.2, -0.15) is 0 Å². The Bertz CT molecular complexity index is 530. The van der Waals surface area contributed by atoms with Gasteiger partial charge in [0, 0.05) is 17.5 Å². The molecule has 3 aliphatic rings. The van der Waals surface area contributed by atoms with Crippen molar-refractivity contribution in [1.29, 1.82) is 0 Å². The molecule has 0 bridgehead atoms. The fourth-order valence-corrected chi connectivity index (χ4v) is 4.83. The van der Waals surface area contributed by atoms with Crippen LogP contribution in [0.15, 0.2) is 18.2 Å². The van der Waals surface area contributed by atoms with Gasteiger partial charge < -0.3 is 14.7 Å². The Balaban J connectivity index is 1.81. The summed E-state index contributed by atoms with van der Waals surface area (Å²) in [5.74, 6) is 1.77. The molecule has 1 saturated carbocycles. The van der Waals surface area contributed by atoms with Gasteiger partial charge in [0.1, 0.15) is 6.10 Å². The minimum Gasteiger partial charge on any atom is -0.504 e. The Hall–Kier alpha value is -1.22. The van der Waals surface area contributed by atoms with Crippen LogP contribution in [0.4, 0.5) is 0 Å². The van der Waals surface area contributed by atoms with Crippen LogP contribution in [0, 0.1) is 5.92 Å². The van der Waals surface area contributed by atoms with Crippen molar-refractivity contribution in [3.8, 4) is 11.5 Å². The van der Waals surface area contributed by atoms with Gasteiger partial charge in [0.05, 0.1) is 0 Å². The number of likely N-dealkylation sites (tertiary alicyclic amines) is 1. The van der Waals surface area contributed by atoms with Crippen LogP contribution in [0.25, 0.3) is 0 Å². The van der Waals surface area contributed by atoms with Crippen molar-refractivity contribution in [3.05, 3.63) is 23.8 Å². The molecule has 1 saturated heterocycles. The summed E-state index contributed by atoms with van der Waals surface area (Å²) in [6.07, 6.45) is 5.14. The van der Waals surface area contributed by atoms with Crippen LogP contribution in [0.3, 0.4) is 0 Å². The van der Waals surface area contributed by atoms with Crippen molar-refractivity contribution in [3.63, 3.8) is 0 Å². The highest BCUT2D eigenvalue weighted by Crippen LogP contribution is 2.58. The predicted octanol–water partition coefficient (Wildman–Crippen LogP) is 2.92. The Morgan fingerprint density at radius 2 is 2.30 bits per heavy atom. The largest absolute Gasteiger partial charge is 0.504 e. The highest BCUT2D eigenvalue weighted by Gasteiger charge is 2.57. The van der Waals surface area contributed by atoms with Crippen LogP contribution >= 0.6 is 0 Å². The maximum absolute atomic E-state index is 10.1. The fraction of sp³-hybridized carbons (Fsp3) is 0.647. The van der Waals surface area contributed by atoms with Crippen LogP contribution in [0.5, 0.6) is 11.5 Å². The highest BCUT2D eigenvalue weighted by molar-refractivity contribution is 5.54. The van der Waals surface area contributed by atoms with Gasteiger partial charge in [-0.15, -0.1) is 0 Å². The molecule has 0 aromatic heterocycles. The van der Waals surface area contributed by atoms with Gasteiger partial charge in [-0.05, 0) is 50.8 Å². The van der Waals surface area contributed by atoms with Crippen LogP contribution < -0.4 is 4.74 Å². The Morgan fingerprint density at radius 3 is 3.15 bits per heavy atom. The molecular weight excluding hydrogens is 250 g/mol. The van der Waals surface area contributed by atoms with E-state index in [2.05, 4.69) is 17.9 Å². The number of rotatable bonds is 1. The number of ether oxygens (including phenoxy) is 1. The minimum atomic E-state index is 0.165. The lowest BCUT2D eigenvalue weighted by atomic mass is 9.58. The molecule has 1 aromatic rings. The van der Waals surface area contributed by atoms with Crippen molar-refractivity contribution in [1.82, 2.24) is 4.90 Å². The third-order valence-corrected chi connectivity index (χ3v) is 5.85. The van der Waals surface area contributed by atoms with Gasteiger partial charge in [-0.1, -0.05) is 19.1 Å². The van der Waals surface area contributed by atoms with E-state index in [-0.39, 0.29) is 11.5 Å². The molecular formula is C17H23NO2. The first kappa shape index (κ1) is 12.5. The van der Waals surface area contributed by atoms with E-state index in [4.69, 9.17) is 4.74 Å². The summed E-state index contributed by atoms with van der Waals surface area (Å²) in [6.45, 7) is 5.74. The highest BCUT2D eigenvalue weighted by atomic mass is 16.5. The number of nitrogens with zero attached hydrogens (tertiary/aromatic N) is 1. The van der Waals surface area contributed by atoms with Crippen molar-refractivity contribution in [2.45, 2.75) is 44.1 Å². The molecule has 3 atom stereocenters. The van der Waals surface area contributed by atoms with Gasteiger partial charge in [0.15, 0.2) is 11.5 Å². The van der Waals surface area contributed by atoms with Crippen LogP contribution in [0.1, 0.15) is 38.2 Å². The zero-order chi connectivity index (χ0) is 13.7. The average Bonchev–Trinajstić information content (AvgIpc) is 2.81. The van der Waals surface area contributed by atoms with Gasteiger partial charge in [-0.25, -0.2) is 0 Å². The third-order valence-electron chi connectivity index (χ3n) is 5.85. The number of piperidine rings is 1. The molecule has 0 amide bonds. The number of hydrogen-bond acceptors (Lipinski definition) is 3. The van der Waals surface area contributed by atoms with E-state index in [1.165, 1.54) is 31.4 Å². The van der Waals surface area contributed by atoms with Gasteiger partial charge in [0.2, 0.25) is 0 Å². The first-order chi connectivity index (χ1) is 9.75. The quantitative estimate of drug-likeness (QED) is 0.854. The second-order valence-corrected chi connectivity index (χ2v) is 6.57. The van der Waals surface area contributed by atoms with E-state index >= 15 is 0 Å². The van der Waals surface area contributed by atoms with Crippen LogP contribution in [0.2, 0.25) is 0 Å². The second-order valence-electron chi connectivity index (χ2n) is 6.57. The number of phenolic OH excluding ortho intramolecular Hbond substituents is 1. The first-order valence-corrected chi connectivity index (χ1v) is 7.97. The first-order valence-electron chi connectivity index (χ1n) is 7.97. The molecule has 1 aromatic carbocycles. The number of fused-ring (bicyclic) bond motifs is 1. The summed E-state index contributed by atoms with van der Waals surface area (Å²) < 4.78 is 6.20. The summed E-state index contributed by atoms with van der Waals surface area (Å²) in [6, 6.07) is 5.92. The molecule has 3 heteroatoms. The van der Waals surface area contributed by atoms with Crippen molar-refractivity contribution >= 4 is 0 Å². The van der Waals surface area contributed by atoms with Crippen molar-refractivity contribution in [2.75, 3.05) is 19.6 Å². The van der Waals surface area contributed by atoms with Gasteiger partial charge in [-0.3, -0.25) is 0 Å². The Kier molecular flexibility index (Phi) is 2.75. The summed E-state index contributed by atoms with van der Waals surface area (Å²) in [4.78, 5) is 2.57. The molecule has 2 heterocycles. The molecule has 108 valence electrons. The molecule has 1 N–H and O–H groups in total. The van der Waals surface area contributed by atoms with E-state index in [1.54, 1.807) is 6.07 Å². The molecule has 4 rings (SSSR count). The lowest BCUT2D eigenvalue weighted by Crippen LogP contribution is -2.56. The van der Waals surface area contributed by atoms with E-state index in [0.29, 0.717) is 11.7 Å². The molecule has 20 heavy (non-hydrogen) atoms. The topological polar surface area (TPSA) is 32.7 Å². The maximum atomic E-state index is 10.1. The van der Waals surface area contributed by atoms with Gasteiger partial charge in [0.25, 0.3) is 0 Å². The zero-order valence-electron chi connectivity index (χ0n) is 12.1. The molecule has 3 nitrogen and oxygen atoms in total.